The topological polar surface area (TPSA) is 50.1 Å². The first-order valence-corrected chi connectivity index (χ1v) is 4.78. The Morgan fingerprint density at radius 1 is 1.57 bits per heavy atom. The third-order valence-electron chi connectivity index (χ3n) is 1.54. The lowest BCUT2D eigenvalue weighted by atomic mass is 10.2. The summed E-state index contributed by atoms with van der Waals surface area (Å²) in [6, 6.07) is 9.14. The summed E-state index contributed by atoms with van der Waals surface area (Å²) in [5.74, 6) is -0.385. The number of hydrogen-bond donors (Lipinski definition) is 0. The van der Waals surface area contributed by atoms with E-state index >= 15 is 0 Å². The lowest BCUT2D eigenvalue weighted by Gasteiger charge is -2.00. The number of carbonyl (C=O) groups excluding carboxylic acids is 1. The standard InChI is InChI=1S/C10H8BrNO2/c11-9-3-1-2-8(6-9)7-10(13)14-5-4-12/h1-3,6H,5,7H2. The number of halogens is 1. The van der Waals surface area contributed by atoms with E-state index in [1.165, 1.54) is 0 Å². The number of hydrogen-bond acceptors (Lipinski definition) is 3. The van der Waals surface area contributed by atoms with Crippen molar-refractivity contribution < 1.29 is 9.53 Å². The predicted octanol–water partition coefficient (Wildman–Crippen LogP) is 2.06. The largest absolute Gasteiger partial charge is 0.450 e. The van der Waals surface area contributed by atoms with E-state index < -0.39 is 0 Å². The van der Waals surface area contributed by atoms with E-state index in [2.05, 4.69) is 20.7 Å². The van der Waals surface area contributed by atoms with Gasteiger partial charge in [-0.25, -0.2) is 0 Å². The minimum Gasteiger partial charge on any atom is -0.450 e. The maximum atomic E-state index is 11.1. The highest BCUT2D eigenvalue weighted by atomic mass is 79.9. The van der Waals surface area contributed by atoms with Gasteiger partial charge in [-0.05, 0) is 17.7 Å². The molecule has 0 saturated heterocycles. The van der Waals surface area contributed by atoms with Gasteiger partial charge in [-0.1, -0.05) is 28.1 Å². The zero-order valence-electron chi connectivity index (χ0n) is 7.37. The van der Waals surface area contributed by atoms with Crippen molar-refractivity contribution in [3.05, 3.63) is 34.3 Å². The zero-order chi connectivity index (χ0) is 10.4. The molecule has 4 heteroatoms. The average Bonchev–Trinajstić information content (AvgIpc) is 2.15. The molecule has 0 aliphatic rings. The van der Waals surface area contributed by atoms with Crippen molar-refractivity contribution in [2.75, 3.05) is 6.61 Å². The number of nitrogens with zero attached hydrogens (tertiary/aromatic N) is 1. The van der Waals surface area contributed by atoms with E-state index in [0.717, 1.165) is 10.0 Å². The monoisotopic (exact) mass is 253 g/mol. The van der Waals surface area contributed by atoms with Gasteiger partial charge in [0.15, 0.2) is 6.61 Å². The molecule has 0 unspecified atom stereocenters. The first-order valence-electron chi connectivity index (χ1n) is 3.99. The molecule has 0 fully saturated rings. The molecule has 0 aromatic heterocycles. The number of nitriles is 1. The van der Waals surface area contributed by atoms with Crippen LogP contribution in [0.1, 0.15) is 5.56 Å². The van der Waals surface area contributed by atoms with Gasteiger partial charge in [0.25, 0.3) is 0 Å². The quantitative estimate of drug-likeness (QED) is 0.775. The minimum absolute atomic E-state index is 0.188. The van der Waals surface area contributed by atoms with Crippen LogP contribution in [0.4, 0.5) is 0 Å². The molecular formula is C10H8BrNO2. The Bertz CT molecular complexity index is 371. The summed E-state index contributed by atoms with van der Waals surface area (Å²) in [4.78, 5) is 11.1. The molecule has 0 bridgehead atoms. The number of esters is 1. The van der Waals surface area contributed by atoms with E-state index in [1.54, 1.807) is 6.07 Å². The van der Waals surface area contributed by atoms with Gasteiger partial charge in [0, 0.05) is 4.47 Å². The van der Waals surface area contributed by atoms with Crippen LogP contribution in [0.2, 0.25) is 0 Å². The van der Waals surface area contributed by atoms with Crippen molar-refractivity contribution in [1.29, 1.82) is 5.26 Å². The summed E-state index contributed by atoms with van der Waals surface area (Å²) in [7, 11) is 0. The van der Waals surface area contributed by atoms with Crippen molar-refractivity contribution in [3.63, 3.8) is 0 Å². The molecule has 1 aromatic rings. The molecular weight excluding hydrogens is 246 g/mol. The Balaban J connectivity index is 2.53. The molecule has 3 nitrogen and oxygen atoms in total. The number of benzene rings is 1. The van der Waals surface area contributed by atoms with E-state index in [0.29, 0.717) is 0 Å². The van der Waals surface area contributed by atoms with Crippen molar-refractivity contribution in [2.24, 2.45) is 0 Å². The molecule has 14 heavy (non-hydrogen) atoms. The van der Waals surface area contributed by atoms with Crippen LogP contribution in [-0.2, 0) is 16.0 Å². The first kappa shape index (κ1) is 10.7. The van der Waals surface area contributed by atoms with Crippen LogP contribution >= 0.6 is 15.9 Å². The molecule has 0 spiro atoms. The summed E-state index contributed by atoms with van der Waals surface area (Å²) in [6.45, 7) is -0.188. The molecule has 72 valence electrons. The fraction of sp³-hybridized carbons (Fsp3) is 0.200. The van der Waals surface area contributed by atoms with Crippen molar-refractivity contribution >= 4 is 21.9 Å². The zero-order valence-corrected chi connectivity index (χ0v) is 8.95. The van der Waals surface area contributed by atoms with E-state index in [4.69, 9.17) is 5.26 Å². The SMILES string of the molecule is N#CCOC(=O)Cc1cccc(Br)c1. The number of rotatable bonds is 3. The maximum absolute atomic E-state index is 11.1. The first-order chi connectivity index (χ1) is 6.72. The van der Waals surface area contributed by atoms with Gasteiger partial charge in [-0.3, -0.25) is 4.79 Å². The maximum Gasteiger partial charge on any atom is 0.311 e. The molecule has 0 N–H and O–H groups in total. The van der Waals surface area contributed by atoms with Gasteiger partial charge in [-0.2, -0.15) is 5.26 Å². The second-order valence-corrected chi connectivity index (χ2v) is 3.54. The predicted molar refractivity (Wildman–Crippen MR) is 54.4 cm³/mol. The van der Waals surface area contributed by atoms with Gasteiger partial charge in [0.1, 0.15) is 6.07 Å². The molecule has 0 heterocycles. The van der Waals surface area contributed by atoms with Gasteiger partial charge >= 0.3 is 5.97 Å². The van der Waals surface area contributed by atoms with Gasteiger partial charge in [0.05, 0.1) is 6.42 Å². The summed E-state index contributed by atoms with van der Waals surface area (Å²) in [5.41, 5.74) is 0.863. The number of ether oxygens (including phenoxy) is 1. The Labute approximate surface area is 90.4 Å². The number of carbonyl (C=O) groups is 1. The van der Waals surface area contributed by atoms with Crippen molar-refractivity contribution in [1.82, 2.24) is 0 Å². The van der Waals surface area contributed by atoms with E-state index in [1.807, 2.05) is 24.3 Å². The second-order valence-electron chi connectivity index (χ2n) is 2.63. The molecule has 1 aromatic carbocycles. The van der Waals surface area contributed by atoms with Crippen molar-refractivity contribution in [3.8, 4) is 6.07 Å². The van der Waals surface area contributed by atoms with Crippen LogP contribution < -0.4 is 0 Å². The highest BCUT2D eigenvalue weighted by molar-refractivity contribution is 9.10. The molecule has 0 atom stereocenters. The van der Waals surface area contributed by atoms with Crippen LogP contribution in [0.25, 0.3) is 0 Å². The lowest BCUT2D eigenvalue weighted by molar-refractivity contribution is -0.141. The smallest absolute Gasteiger partial charge is 0.311 e. The fourth-order valence-corrected chi connectivity index (χ4v) is 1.42. The summed E-state index contributed by atoms with van der Waals surface area (Å²) in [5, 5.41) is 8.19. The molecule has 1 rings (SSSR count). The fourth-order valence-electron chi connectivity index (χ4n) is 0.977. The highest BCUT2D eigenvalue weighted by Gasteiger charge is 2.04. The highest BCUT2D eigenvalue weighted by Crippen LogP contribution is 2.12. The van der Waals surface area contributed by atoms with E-state index in [-0.39, 0.29) is 19.0 Å². The van der Waals surface area contributed by atoms with Crippen LogP contribution in [0.3, 0.4) is 0 Å². The molecule has 0 aliphatic carbocycles. The summed E-state index contributed by atoms with van der Waals surface area (Å²) < 4.78 is 5.54. The molecule has 0 aliphatic heterocycles. The third-order valence-corrected chi connectivity index (χ3v) is 2.03. The van der Waals surface area contributed by atoms with Crippen LogP contribution in [0.5, 0.6) is 0 Å². The summed E-state index contributed by atoms with van der Waals surface area (Å²) >= 11 is 3.30. The van der Waals surface area contributed by atoms with Crippen LogP contribution in [0.15, 0.2) is 28.7 Å². The minimum atomic E-state index is -0.385. The van der Waals surface area contributed by atoms with Gasteiger partial charge < -0.3 is 4.74 Å². The van der Waals surface area contributed by atoms with Crippen molar-refractivity contribution in [2.45, 2.75) is 6.42 Å². The Kier molecular flexibility index (Phi) is 4.14. The normalized spacial score (nSPS) is 9.14. The molecule has 0 saturated carbocycles. The van der Waals surface area contributed by atoms with Gasteiger partial charge in [0.2, 0.25) is 0 Å². The van der Waals surface area contributed by atoms with E-state index in [9.17, 15) is 4.79 Å². The third kappa shape index (κ3) is 3.58. The molecule has 0 amide bonds. The second kappa shape index (κ2) is 5.40. The van der Waals surface area contributed by atoms with Crippen LogP contribution in [0, 0.1) is 11.3 Å². The Morgan fingerprint density at radius 3 is 3.00 bits per heavy atom. The van der Waals surface area contributed by atoms with Crippen LogP contribution in [-0.4, -0.2) is 12.6 Å². The lowest BCUT2D eigenvalue weighted by Crippen LogP contribution is -2.07. The Morgan fingerprint density at radius 2 is 2.36 bits per heavy atom. The average molecular weight is 254 g/mol. The van der Waals surface area contributed by atoms with Gasteiger partial charge in [-0.15, -0.1) is 0 Å². The summed E-state index contributed by atoms with van der Waals surface area (Å²) in [6.07, 6.45) is 0.196. The Hall–Kier alpha value is -1.34. The molecule has 0 radical (unpaired) electrons.